The van der Waals surface area contributed by atoms with Crippen molar-refractivity contribution in [3.63, 3.8) is 0 Å². The molecule has 166 valence electrons. The quantitative estimate of drug-likeness (QED) is 0.575. The molecule has 1 aliphatic heterocycles. The van der Waals surface area contributed by atoms with Crippen LogP contribution in [0.3, 0.4) is 0 Å². The van der Waals surface area contributed by atoms with Gasteiger partial charge in [0.1, 0.15) is 16.5 Å². The van der Waals surface area contributed by atoms with Gasteiger partial charge < -0.3 is 14.4 Å². The van der Waals surface area contributed by atoms with E-state index < -0.39 is 0 Å². The number of benzene rings is 2. The van der Waals surface area contributed by atoms with Gasteiger partial charge in [0.05, 0.1) is 19.8 Å². The van der Waals surface area contributed by atoms with Gasteiger partial charge in [-0.25, -0.2) is 0 Å². The minimum Gasteiger partial charge on any atom is -0.497 e. The molecule has 4 rings (SSSR count). The molecule has 1 atom stereocenters. The Balaban J connectivity index is 1.47. The number of hydrogen-bond donors (Lipinski definition) is 1. The van der Waals surface area contributed by atoms with Gasteiger partial charge >= 0.3 is 0 Å². The number of hydrogen-bond acceptors (Lipinski definition) is 7. The van der Waals surface area contributed by atoms with E-state index in [9.17, 15) is 9.59 Å². The zero-order valence-electron chi connectivity index (χ0n) is 17.7. The van der Waals surface area contributed by atoms with Crippen LogP contribution >= 0.6 is 22.9 Å². The van der Waals surface area contributed by atoms with Gasteiger partial charge in [-0.3, -0.25) is 14.9 Å². The lowest BCUT2D eigenvalue weighted by molar-refractivity contribution is -0.117. The molecule has 1 aliphatic rings. The predicted octanol–water partition coefficient (Wildman–Crippen LogP) is 4.29. The number of nitrogens with zero attached hydrogens (tertiary/aromatic N) is 3. The van der Waals surface area contributed by atoms with Crippen LogP contribution in [0.15, 0.2) is 36.4 Å². The van der Waals surface area contributed by atoms with E-state index in [2.05, 4.69) is 15.5 Å². The lowest BCUT2D eigenvalue weighted by atomic mass is 10.1. The smallest absolute Gasteiger partial charge is 0.261 e. The van der Waals surface area contributed by atoms with E-state index in [1.165, 1.54) is 18.4 Å². The first kappa shape index (κ1) is 22.0. The molecular weight excluding hydrogens is 452 g/mol. The number of methoxy groups -OCH3 is 2. The minimum absolute atomic E-state index is 0.00123. The van der Waals surface area contributed by atoms with Crippen LogP contribution in [0, 0.1) is 6.92 Å². The molecule has 2 aromatic carbocycles. The number of ether oxygens (including phenoxy) is 2. The number of nitrogens with one attached hydrogen (secondary N) is 1. The average Bonchev–Trinajstić information content (AvgIpc) is 3.41. The summed E-state index contributed by atoms with van der Waals surface area (Å²) in [6.45, 7) is 2.40. The molecule has 0 aliphatic carbocycles. The van der Waals surface area contributed by atoms with Crippen LogP contribution in [0.1, 0.15) is 33.3 Å². The highest BCUT2D eigenvalue weighted by Crippen LogP contribution is 2.35. The topological polar surface area (TPSA) is 93.7 Å². The van der Waals surface area contributed by atoms with E-state index in [1.54, 1.807) is 36.3 Å². The largest absolute Gasteiger partial charge is 0.497 e. The van der Waals surface area contributed by atoms with Gasteiger partial charge in [0.2, 0.25) is 11.0 Å². The van der Waals surface area contributed by atoms with Gasteiger partial charge in [0, 0.05) is 35.7 Å². The number of anilines is 2. The molecule has 0 bridgehead atoms. The first-order valence-corrected chi connectivity index (χ1v) is 11.0. The van der Waals surface area contributed by atoms with E-state index in [4.69, 9.17) is 21.1 Å². The number of rotatable bonds is 6. The Morgan fingerprint density at radius 3 is 2.72 bits per heavy atom. The van der Waals surface area contributed by atoms with Crippen LogP contribution in [0.4, 0.5) is 10.8 Å². The van der Waals surface area contributed by atoms with Crippen molar-refractivity contribution < 1.29 is 19.1 Å². The summed E-state index contributed by atoms with van der Waals surface area (Å²) in [7, 11) is 3.03. The second-order valence-corrected chi connectivity index (χ2v) is 8.72. The van der Waals surface area contributed by atoms with Crippen molar-refractivity contribution in [2.24, 2.45) is 0 Å². The zero-order chi connectivity index (χ0) is 22.8. The maximum absolute atomic E-state index is 12.7. The fourth-order valence-electron chi connectivity index (χ4n) is 3.47. The Kier molecular flexibility index (Phi) is 6.29. The fourth-order valence-corrected chi connectivity index (χ4v) is 4.48. The third kappa shape index (κ3) is 4.39. The highest BCUT2D eigenvalue weighted by Gasteiger charge is 2.34. The summed E-state index contributed by atoms with van der Waals surface area (Å²) in [6, 6.07) is 10.5. The lowest BCUT2D eigenvalue weighted by Gasteiger charge is -2.17. The number of carbonyl (C=O) groups is 2. The molecule has 3 aromatic rings. The van der Waals surface area contributed by atoms with Crippen LogP contribution in [0.25, 0.3) is 0 Å². The van der Waals surface area contributed by atoms with Crippen molar-refractivity contribution in [1.82, 2.24) is 10.2 Å². The van der Waals surface area contributed by atoms with Gasteiger partial charge in [0.15, 0.2) is 0 Å². The number of aromatic nitrogens is 2. The molecule has 8 nitrogen and oxygen atoms in total. The van der Waals surface area contributed by atoms with Gasteiger partial charge in [-0.15, -0.1) is 10.2 Å². The van der Waals surface area contributed by atoms with E-state index in [0.29, 0.717) is 45.2 Å². The molecule has 32 heavy (non-hydrogen) atoms. The van der Waals surface area contributed by atoms with Crippen molar-refractivity contribution in [2.75, 3.05) is 31.0 Å². The number of amides is 2. The molecule has 0 spiro atoms. The normalized spacial score (nSPS) is 15.7. The molecular formula is C22H21ClN4O4S. The standard InChI is InChI=1S/C22H21ClN4O4S/c1-12-4-5-14(9-17(12)23)27-11-13(8-19(27)28)21-25-26-22(32-21)24-20(29)16-7-6-15(30-2)10-18(16)31-3/h4-7,9-10,13H,8,11H2,1-3H3,(H,24,26,29)/t13-/m0/s1. The summed E-state index contributed by atoms with van der Waals surface area (Å²) < 4.78 is 10.4. The van der Waals surface area contributed by atoms with Gasteiger partial charge in [-0.2, -0.15) is 0 Å². The van der Waals surface area contributed by atoms with E-state index >= 15 is 0 Å². The zero-order valence-corrected chi connectivity index (χ0v) is 19.3. The molecule has 0 unspecified atom stereocenters. The molecule has 2 amide bonds. The number of carbonyl (C=O) groups excluding carboxylic acids is 2. The lowest BCUT2D eigenvalue weighted by Crippen LogP contribution is -2.24. The summed E-state index contributed by atoms with van der Waals surface area (Å²) >= 11 is 7.47. The summed E-state index contributed by atoms with van der Waals surface area (Å²) in [4.78, 5) is 27.0. The number of aryl methyl sites for hydroxylation is 1. The van der Waals surface area contributed by atoms with Crippen molar-refractivity contribution in [1.29, 1.82) is 0 Å². The third-order valence-corrected chi connectivity index (χ3v) is 6.66. The average molecular weight is 473 g/mol. The second kappa shape index (κ2) is 9.13. The molecule has 1 aromatic heterocycles. The first-order valence-electron chi connectivity index (χ1n) is 9.83. The Labute approximate surface area is 194 Å². The maximum Gasteiger partial charge on any atom is 0.261 e. The Morgan fingerprint density at radius 1 is 1.19 bits per heavy atom. The van der Waals surface area contributed by atoms with Crippen LogP contribution in [0.2, 0.25) is 5.02 Å². The van der Waals surface area contributed by atoms with Gasteiger partial charge in [-0.1, -0.05) is 29.0 Å². The minimum atomic E-state index is -0.370. The SMILES string of the molecule is COc1ccc(C(=O)Nc2nnc([C@H]3CC(=O)N(c4ccc(C)c(Cl)c4)C3)s2)c(OC)c1. The van der Waals surface area contributed by atoms with Gasteiger partial charge in [-0.05, 0) is 36.8 Å². The molecule has 0 radical (unpaired) electrons. The van der Waals surface area contributed by atoms with Crippen molar-refractivity contribution in [3.8, 4) is 11.5 Å². The van der Waals surface area contributed by atoms with E-state index in [1.807, 2.05) is 19.1 Å². The molecule has 10 heteroatoms. The Morgan fingerprint density at radius 2 is 2.00 bits per heavy atom. The van der Waals surface area contributed by atoms with Crippen LogP contribution in [-0.2, 0) is 4.79 Å². The molecule has 1 saturated heterocycles. The summed E-state index contributed by atoms with van der Waals surface area (Å²) in [5, 5.41) is 12.7. The van der Waals surface area contributed by atoms with Crippen LogP contribution in [0.5, 0.6) is 11.5 Å². The molecule has 1 fully saturated rings. The summed E-state index contributed by atoms with van der Waals surface area (Å²) in [5.74, 6) is 0.493. The van der Waals surface area contributed by atoms with Crippen molar-refractivity contribution in [3.05, 3.63) is 57.6 Å². The summed E-state index contributed by atoms with van der Waals surface area (Å²) in [6.07, 6.45) is 0.320. The van der Waals surface area contributed by atoms with Crippen molar-refractivity contribution >= 4 is 45.6 Å². The highest BCUT2D eigenvalue weighted by molar-refractivity contribution is 7.15. The third-order valence-electron chi connectivity index (χ3n) is 5.26. The predicted molar refractivity (Wildman–Crippen MR) is 123 cm³/mol. The molecule has 1 N–H and O–H groups in total. The fraction of sp³-hybridized carbons (Fsp3) is 0.273. The van der Waals surface area contributed by atoms with Crippen LogP contribution in [-0.4, -0.2) is 42.8 Å². The second-order valence-electron chi connectivity index (χ2n) is 7.30. The van der Waals surface area contributed by atoms with Gasteiger partial charge in [0.25, 0.3) is 5.91 Å². The molecule has 2 heterocycles. The first-order chi connectivity index (χ1) is 15.4. The summed E-state index contributed by atoms with van der Waals surface area (Å²) in [5.41, 5.74) is 2.07. The van der Waals surface area contributed by atoms with Crippen molar-refractivity contribution in [2.45, 2.75) is 19.3 Å². The molecule has 0 saturated carbocycles. The number of halogens is 1. The monoisotopic (exact) mass is 472 g/mol. The Bertz CT molecular complexity index is 1180. The van der Waals surface area contributed by atoms with E-state index in [0.717, 1.165) is 11.3 Å². The van der Waals surface area contributed by atoms with E-state index in [-0.39, 0.29) is 17.7 Å². The highest BCUT2D eigenvalue weighted by atomic mass is 35.5. The Hall–Kier alpha value is -3.17. The maximum atomic E-state index is 12.7. The van der Waals surface area contributed by atoms with Crippen LogP contribution < -0.4 is 19.7 Å².